The number of hydrogen-bond donors (Lipinski definition) is 1. The molecule has 1 saturated heterocycles. The second kappa shape index (κ2) is 7.60. The molecule has 1 aromatic carbocycles. The lowest BCUT2D eigenvalue weighted by atomic mass is 9.97. The SMILES string of the molecule is COC(=O)c1c(NC(=O)C2CCCO2)sc(C)c1-c1ccc(C)c(C)c1. The highest BCUT2D eigenvalue weighted by molar-refractivity contribution is 7.17. The van der Waals surface area contributed by atoms with Crippen molar-refractivity contribution in [3.05, 3.63) is 39.8 Å². The molecule has 0 radical (unpaired) electrons. The van der Waals surface area contributed by atoms with Gasteiger partial charge < -0.3 is 14.8 Å². The van der Waals surface area contributed by atoms with Crippen LogP contribution in [0.1, 0.15) is 39.2 Å². The Hall–Kier alpha value is -2.18. The number of thiophene rings is 1. The summed E-state index contributed by atoms with van der Waals surface area (Å²) in [5.74, 6) is -0.661. The van der Waals surface area contributed by atoms with Crippen LogP contribution in [0.2, 0.25) is 0 Å². The van der Waals surface area contributed by atoms with Gasteiger partial charge in [0.05, 0.1) is 7.11 Å². The summed E-state index contributed by atoms with van der Waals surface area (Å²) in [5.41, 5.74) is 4.50. The molecule has 26 heavy (non-hydrogen) atoms. The maximum atomic E-state index is 12.5. The van der Waals surface area contributed by atoms with Gasteiger partial charge in [0.2, 0.25) is 0 Å². The summed E-state index contributed by atoms with van der Waals surface area (Å²) < 4.78 is 10.4. The van der Waals surface area contributed by atoms with Crippen molar-refractivity contribution in [1.29, 1.82) is 0 Å². The van der Waals surface area contributed by atoms with Crippen molar-refractivity contribution in [2.45, 2.75) is 39.7 Å². The van der Waals surface area contributed by atoms with Crippen LogP contribution in [-0.4, -0.2) is 31.7 Å². The third-order valence-electron chi connectivity index (χ3n) is 4.73. The zero-order valence-electron chi connectivity index (χ0n) is 15.5. The Morgan fingerprint density at radius 2 is 2.00 bits per heavy atom. The first-order chi connectivity index (χ1) is 12.4. The molecule has 0 spiro atoms. The minimum absolute atomic E-state index is 0.208. The number of anilines is 1. The smallest absolute Gasteiger partial charge is 0.341 e. The molecule has 6 heteroatoms. The first-order valence-electron chi connectivity index (χ1n) is 8.64. The average molecular weight is 373 g/mol. The average Bonchev–Trinajstić information content (AvgIpc) is 3.25. The number of carbonyl (C=O) groups is 2. The Morgan fingerprint density at radius 3 is 2.62 bits per heavy atom. The van der Waals surface area contributed by atoms with Gasteiger partial charge in [0.15, 0.2) is 0 Å². The Morgan fingerprint density at radius 1 is 1.23 bits per heavy atom. The number of carbonyl (C=O) groups excluding carboxylic acids is 2. The van der Waals surface area contributed by atoms with Crippen LogP contribution in [0, 0.1) is 20.8 Å². The van der Waals surface area contributed by atoms with Gasteiger partial charge in [-0.25, -0.2) is 4.79 Å². The third-order valence-corrected chi connectivity index (χ3v) is 5.75. The number of amides is 1. The first kappa shape index (κ1) is 18.6. The zero-order chi connectivity index (χ0) is 18.8. The lowest BCUT2D eigenvalue weighted by Gasteiger charge is -2.11. The quantitative estimate of drug-likeness (QED) is 0.814. The standard InChI is InChI=1S/C20H23NO4S/c1-11-7-8-14(10-12(11)2)16-13(3)26-19(17(16)20(23)24-4)21-18(22)15-6-5-9-25-15/h7-8,10,15H,5-6,9H2,1-4H3,(H,21,22). The largest absolute Gasteiger partial charge is 0.465 e. The lowest BCUT2D eigenvalue weighted by molar-refractivity contribution is -0.124. The van der Waals surface area contributed by atoms with Crippen LogP contribution in [-0.2, 0) is 14.3 Å². The summed E-state index contributed by atoms with van der Waals surface area (Å²) in [7, 11) is 1.35. The molecule has 1 aromatic heterocycles. The van der Waals surface area contributed by atoms with Gasteiger partial charge in [0.25, 0.3) is 5.91 Å². The molecule has 138 valence electrons. The summed E-state index contributed by atoms with van der Waals surface area (Å²) in [6.07, 6.45) is 1.13. The topological polar surface area (TPSA) is 64.6 Å². The van der Waals surface area contributed by atoms with Crippen LogP contribution in [0.25, 0.3) is 11.1 Å². The predicted molar refractivity (Wildman–Crippen MR) is 103 cm³/mol. The summed E-state index contributed by atoms with van der Waals surface area (Å²) in [6, 6.07) is 6.09. The molecule has 1 amide bonds. The summed E-state index contributed by atoms with van der Waals surface area (Å²) in [4.78, 5) is 25.9. The number of esters is 1. The molecule has 1 unspecified atom stereocenters. The molecule has 1 N–H and O–H groups in total. The highest BCUT2D eigenvalue weighted by atomic mass is 32.1. The van der Waals surface area contributed by atoms with Gasteiger partial charge >= 0.3 is 5.97 Å². The number of nitrogens with one attached hydrogen (secondary N) is 1. The molecule has 0 aliphatic carbocycles. The molecular weight excluding hydrogens is 350 g/mol. The number of aryl methyl sites for hydroxylation is 3. The van der Waals surface area contributed by atoms with Gasteiger partial charge in [-0.05, 0) is 50.3 Å². The van der Waals surface area contributed by atoms with E-state index in [0.29, 0.717) is 23.6 Å². The van der Waals surface area contributed by atoms with Gasteiger partial charge in [0.1, 0.15) is 16.7 Å². The number of hydrogen-bond acceptors (Lipinski definition) is 5. The molecule has 2 aromatic rings. The van der Waals surface area contributed by atoms with Crippen molar-refractivity contribution in [1.82, 2.24) is 0 Å². The van der Waals surface area contributed by atoms with E-state index in [9.17, 15) is 9.59 Å². The maximum absolute atomic E-state index is 12.5. The van der Waals surface area contributed by atoms with Gasteiger partial charge in [0, 0.05) is 17.0 Å². The molecule has 2 heterocycles. The van der Waals surface area contributed by atoms with Gasteiger partial charge in [-0.1, -0.05) is 18.2 Å². The predicted octanol–water partition coefficient (Wildman–Crippen LogP) is 4.24. The van der Waals surface area contributed by atoms with Crippen LogP contribution < -0.4 is 5.32 Å². The number of ether oxygens (including phenoxy) is 2. The Labute approximate surface area is 157 Å². The monoisotopic (exact) mass is 373 g/mol. The van der Waals surface area contributed by atoms with E-state index in [1.54, 1.807) is 0 Å². The van der Waals surface area contributed by atoms with E-state index < -0.39 is 12.1 Å². The lowest BCUT2D eigenvalue weighted by Crippen LogP contribution is -2.27. The van der Waals surface area contributed by atoms with Crippen molar-refractivity contribution in [2.24, 2.45) is 0 Å². The minimum atomic E-state index is -0.454. The molecule has 1 fully saturated rings. The molecule has 1 aliphatic heterocycles. The van der Waals surface area contributed by atoms with Crippen LogP contribution in [0.5, 0.6) is 0 Å². The summed E-state index contributed by atoms with van der Waals surface area (Å²) in [6.45, 7) is 6.63. The van der Waals surface area contributed by atoms with Gasteiger partial charge in [-0.15, -0.1) is 11.3 Å². The Kier molecular flexibility index (Phi) is 5.44. The van der Waals surface area contributed by atoms with E-state index in [2.05, 4.69) is 11.4 Å². The van der Waals surface area contributed by atoms with Crippen molar-refractivity contribution in [3.63, 3.8) is 0 Å². The van der Waals surface area contributed by atoms with Gasteiger partial charge in [-0.3, -0.25) is 4.79 Å². The minimum Gasteiger partial charge on any atom is -0.465 e. The maximum Gasteiger partial charge on any atom is 0.341 e. The Balaban J connectivity index is 2.04. The molecule has 0 saturated carbocycles. The molecular formula is C20H23NO4S. The van der Waals surface area contributed by atoms with Crippen molar-refractivity contribution >= 4 is 28.2 Å². The highest BCUT2D eigenvalue weighted by Crippen LogP contribution is 2.41. The molecule has 3 rings (SSSR count). The van der Waals surface area contributed by atoms with Crippen molar-refractivity contribution < 1.29 is 19.1 Å². The fourth-order valence-corrected chi connectivity index (χ4v) is 4.22. The molecule has 1 aliphatic rings. The second-order valence-corrected chi connectivity index (χ2v) is 7.74. The van der Waals surface area contributed by atoms with Crippen LogP contribution in [0.15, 0.2) is 18.2 Å². The second-order valence-electron chi connectivity index (χ2n) is 6.52. The first-order valence-corrected chi connectivity index (χ1v) is 9.45. The number of rotatable bonds is 4. The van der Waals surface area contributed by atoms with E-state index >= 15 is 0 Å². The van der Waals surface area contributed by atoms with E-state index in [1.807, 2.05) is 32.9 Å². The van der Waals surface area contributed by atoms with E-state index in [1.165, 1.54) is 24.0 Å². The van der Waals surface area contributed by atoms with Gasteiger partial charge in [-0.2, -0.15) is 0 Å². The van der Waals surface area contributed by atoms with Crippen LogP contribution >= 0.6 is 11.3 Å². The van der Waals surface area contributed by atoms with Crippen molar-refractivity contribution in [3.8, 4) is 11.1 Å². The fraction of sp³-hybridized carbons (Fsp3) is 0.400. The van der Waals surface area contributed by atoms with E-state index in [0.717, 1.165) is 28.0 Å². The highest BCUT2D eigenvalue weighted by Gasteiger charge is 2.29. The Bertz CT molecular complexity index is 850. The molecule has 1 atom stereocenters. The van der Waals surface area contributed by atoms with Crippen molar-refractivity contribution in [2.75, 3.05) is 19.0 Å². The fourth-order valence-electron chi connectivity index (χ4n) is 3.15. The van der Waals surface area contributed by atoms with Crippen LogP contribution in [0.4, 0.5) is 5.00 Å². The van der Waals surface area contributed by atoms with E-state index in [-0.39, 0.29) is 5.91 Å². The number of methoxy groups -OCH3 is 1. The molecule has 0 bridgehead atoms. The normalized spacial score (nSPS) is 16.5. The third kappa shape index (κ3) is 3.52. The summed E-state index contributed by atoms with van der Waals surface area (Å²) in [5, 5.41) is 3.40. The molecule has 5 nitrogen and oxygen atoms in total. The number of benzene rings is 1. The zero-order valence-corrected chi connectivity index (χ0v) is 16.3. The van der Waals surface area contributed by atoms with Crippen LogP contribution in [0.3, 0.4) is 0 Å². The van der Waals surface area contributed by atoms with E-state index in [4.69, 9.17) is 9.47 Å². The summed E-state index contributed by atoms with van der Waals surface area (Å²) >= 11 is 1.39.